The van der Waals surface area contributed by atoms with E-state index in [0.717, 1.165) is 0 Å². The minimum atomic E-state index is -1.15. The van der Waals surface area contributed by atoms with Gasteiger partial charge in [-0.25, -0.2) is 0 Å². The molecule has 6 heavy (non-hydrogen) atoms. The Hall–Kier alpha value is -0.590. The van der Waals surface area contributed by atoms with Gasteiger partial charge in [0.05, 0.1) is 0 Å². The fraction of sp³-hybridized carbons (Fsp3) is 0.667. The van der Waals surface area contributed by atoms with Gasteiger partial charge in [0.15, 0.2) is 5.66 Å². The standard InChI is InChI=1S/C3H7N3/c1-3(5,6)2-4/h5-6H2,1H3. The predicted molar refractivity (Wildman–Crippen MR) is 22.4 cm³/mol. The Balaban J connectivity index is 3.55. The first-order chi connectivity index (χ1) is 2.56. The molecule has 34 valence electrons. The van der Waals surface area contributed by atoms with Crippen molar-refractivity contribution in [1.29, 1.82) is 5.26 Å². The zero-order chi connectivity index (χ0) is 5.21. The molecule has 0 heterocycles. The lowest BCUT2D eigenvalue weighted by Crippen LogP contribution is -2.44. The SMILES string of the molecule is CC(N)(N)C#N. The summed E-state index contributed by atoms with van der Waals surface area (Å²) in [6.07, 6.45) is 0. The van der Waals surface area contributed by atoms with E-state index in [1.165, 1.54) is 6.92 Å². The average molecular weight is 85.1 g/mol. The van der Waals surface area contributed by atoms with Crippen LogP contribution in [-0.4, -0.2) is 5.66 Å². The summed E-state index contributed by atoms with van der Waals surface area (Å²) in [5, 5.41) is 7.90. The van der Waals surface area contributed by atoms with Crippen molar-refractivity contribution in [2.45, 2.75) is 12.6 Å². The van der Waals surface area contributed by atoms with Gasteiger partial charge in [-0.3, -0.25) is 0 Å². The van der Waals surface area contributed by atoms with Gasteiger partial charge in [-0.05, 0) is 6.92 Å². The largest absolute Gasteiger partial charge is 0.302 e. The Kier molecular flexibility index (Phi) is 1.13. The maximum Gasteiger partial charge on any atom is 0.151 e. The maximum absolute atomic E-state index is 7.90. The van der Waals surface area contributed by atoms with Crippen LogP contribution in [0.1, 0.15) is 6.92 Å². The zero-order valence-corrected chi connectivity index (χ0v) is 3.60. The van der Waals surface area contributed by atoms with Gasteiger partial charge >= 0.3 is 0 Å². The Bertz CT molecular complexity index is 73.0. The van der Waals surface area contributed by atoms with Crippen LogP contribution in [0.15, 0.2) is 0 Å². The molecule has 0 aromatic carbocycles. The van der Waals surface area contributed by atoms with Crippen LogP contribution in [0.3, 0.4) is 0 Å². The van der Waals surface area contributed by atoms with Crippen LogP contribution >= 0.6 is 0 Å². The van der Waals surface area contributed by atoms with Crippen molar-refractivity contribution in [3.8, 4) is 6.07 Å². The van der Waals surface area contributed by atoms with Crippen LogP contribution < -0.4 is 11.5 Å². The van der Waals surface area contributed by atoms with Gasteiger partial charge in [0.1, 0.15) is 6.07 Å². The molecule has 0 aromatic rings. The van der Waals surface area contributed by atoms with E-state index in [9.17, 15) is 0 Å². The van der Waals surface area contributed by atoms with Gasteiger partial charge < -0.3 is 11.5 Å². The summed E-state index contributed by atoms with van der Waals surface area (Å²) in [4.78, 5) is 0. The van der Waals surface area contributed by atoms with E-state index in [1.807, 2.05) is 0 Å². The van der Waals surface area contributed by atoms with Gasteiger partial charge in [0.25, 0.3) is 0 Å². The number of nitrogens with two attached hydrogens (primary N) is 2. The second-order valence-corrected chi connectivity index (χ2v) is 1.39. The highest BCUT2D eigenvalue weighted by molar-refractivity contribution is 4.94. The molecular formula is C3H7N3. The van der Waals surface area contributed by atoms with E-state index in [-0.39, 0.29) is 0 Å². The van der Waals surface area contributed by atoms with E-state index in [1.54, 1.807) is 6.07 Å². The molecule has 0 rings (SSSR count). The molecule has 0 saturated heterocycles. The van der Waals surface area contributed by atoms with Crippen molar-refractivity contribution in [1.82, 2.24) is 0 Å². The van der Waals surface area contributed by atoms with Crippen LogP contribution in [0.5, 0.6) is 0 Å². The van der Waals surface area contributed by atoms with Crippen LogP contribution in [0.2, 0.25) is 0 Å². The fourth-order valence-corrected chi connectivity index (χ4v) is 0. The highest BCUT2D eigenvalue weighted by Gasteiger charge is 2.05. The van der Waals surface area contributed by atoms with Crippen LogP contribution in [0, 0.1) is 11.3 Å². The van der Waals surface area contributed by atoms with Gasteiger partial charge in [-0.15, -0.1) is 0 Å². The molecule has 0 unspecified atom stereocenters. The van der Waals surface area contributed by atoms with Crippen molar-refractivity contribution in [2.24, 2.45) is 11.5 Å². The van der Waals surface area contributed by atoms with Crippen molar-refractivity contribution in [3.63, 3.8) is 0 Å². The lowest BCUT2D eigenvalue weighted by atomic mass is 10.3. The first kappa shape index (κ1) is 5.41. The van der Waals surface area contributed by atoms with Gasteiger partial charge in [0, 0.05) is 0 Å². The summed E-state index contributed by atoms with van der Waals surface area (Å²) in [5.41, 5.74) is 8.75. The van der Waals surface area contributed by atoms with Crippen molar-refractivity contribution in [2.75, 3.05) is 0 Å². The number of rotatable bonds is 0. The Morgan fingerprint density at radius 2 is 1.83 bits per heavy atom. The average Bonchev–Trinajstić information content (AvgIpc) is 1.35. The van der Waals surface area contributed by atoms with Crippen LogP contribution in [0.4, 0.5) is 0 Å². The van der Waals surface area contributed by atoms with Crippen LogP contribution in [-0.2, 0) is 0 Å². The van der Waals surface area contributed by atoms with Gasteiger partial charge in [-0.1, -0.05) is 0 Å². The quantitative estimate of drug-likeness (QED) is 0.376. The Morgan fingerprint density at radius 3 is 1.83 bits per heavy atom. The molecule has 0 amide bonds. The van der Waals surface area contributed by atoms with Crippen molar-refractivity contribution < 1.29 is 0 Å². The second-order valence-electron chi connectivity index (χ2n) is 1.39. The molecule has 0 fully saturated rings. The van der Waals surface area contributed by atoms with Gasteiger partial charge in [0.2, 0.25) is 0 Å². The maximum atomic E-state index is 7.90. The van der Waals surface area contributed by atoms with E-state index in [2.05, 4.69) is 0 Å². The highest BCUT2D eigenvalue weighted by atomic mass is 14.9. The topological polar surface area (TPSA) is 75.8 Å². The molecule has 0 atom stereocenters. The monoisotopic (exact) mass is 85.1 g/mol. The van der Waals surface area contributed by atoms with E-state index < -0.39 is 5.66 Å². The number of hydrogen-bond acceptors (Lipinski definition) is 3. The zero-order valence-electron chi connectivity index (χ0n) is 3.60. The van der Waals surface area contributed by atoms with E-state index in [4.69, 9.17) is 16.7 Å². The molecule has 0 radical (unpaired) electrons. The fourth-order valence-electron chi connectivity index (χ4n) is 0. The van der Waals surface area contributed by atoms with E-state index in [0.29, 0.717) is 0 Å². The summed E-state index contributed by atoms with van der Waals surface area (Å²) in [7, 11) is 0. The minimum absolute atomic E-state index is 1.15. The molecular weight excluding hydrogens is 78.1 g/mol. The van der Waals surface area contributed by atoms with Gasteiger partial charge in [-0.2, -0.15) is 5.26 Å². The molecule has 3 nitrogen and oxygen atoms in total. The minimum Gasteiger partial charge on any atom is -0.302 e. The first-order valence-electron chi connectivity index (χ1n) is 1.55. The molecule has 4 N–H and O–H groups in total. The number of nitrogens with zero attached hydrogens (tertiary/aromatic N) is 1. The molecule has 0 bridgehead atoms. The Labute approximate surface area is 36.5 Å². The smallest absolute Gasteiger partial charge is 0.151 e. The molecule has 0 spiro atoms. The van der Waals surface area contributed by atoms with Crippen molar-refractivity contribution >= 4 is 0 Å². The summed E-state index contributed by atoms with van der Waals surface area (Å²) < 4.78 is 0. The molecule has 0 aliphatic heterocycles. The summed E-state index contributed by atoms with van der Waals surface area (Å²) in [5.74, 6) is 0. The molecule has 0 aliphatic rings. The molecule has 0 aromatic heterocycles. The molecule has 0 aliphatic carbocycles. The third-order valence-electron chi connectivity index (χ3n) is 0.241. The van der Waals surface area contributed by atoms with E-state index >= 15 is 0 Å². The predicted octanol–water partition coefficient (Wildman–Crippen LogP) is -0.856. The Morgan fingerprint density at radius 1 is 1.67 bits per heavy atom. The number of hydrogen-bond donors (Lipinski definition) is 2. The third kappa shape index (κ3) is 3.41. The third-order valence-corrected chi connectivity index (χ3v) is 0.241. The number of nitriles is 1. The molecule has 0 saturated carbocycles. The summed E-state index contributed by atoms with van der Waals surface area (Å²) >= 11 is 0. The first-order valence-corrected chi connectivity index (χ1v) is 1.55. The normalized spacial score (nSPS) is 10.3. The highest BCUT2D eigenvalue weighted by Crippen LogP contribution is 1.77. The molecule has 3 heteroatoms. The summed E-state index contributed by atoms with van der Waals surface area (Å²) in [6, 6.07) is 1.66. The lowest BCUT2D eigenvalue weighted by molar-refractivity contribution is 0.633. The van der Waals surface area contributed by atoms with Crippen molar-refractivity contribution in [3.05, 3.63) is 0 Å². The summed E-state index contributed by atoms with van der Waals surface area (Å²) in [6.45, 7) is 1.44. The second kappa shape index (κ2) is 1.25. The lowest BCUT2D eigenvalue weighted by Gasteiger charge is -2.02. The van der Waals surface area contributed by atoms with Crippen LogP contribution in [0.25, 0.3) is 0 Å².